The van der Waals surface area contributed by atoms with Gasteiger partial charge in [0.15, 0.2) is 0 Å². The summed E-state index contributed by atoms with van der Waals surface area (Å²) in [6.07, 6.45) is 1.82. The van der Waals surface area contributed by atoms with Crippen molar-refractivity contribution in [3.63, 3.8) is 0 Å². The summed E-state index contributed by atoms with van der Waals surface area (Å²) in [5.41, 5.74) is 1.03. The molecule has 0 atom stereocenters. The minimum atomic E-state index is -0.287. The molecule has 0 aliphatic rings. The highest BCUT2D eigenvalue weighted by Gasteiger charge is 1.94. The van der Waals surface area contributed by atoms with Gasteiger partial charge >= 0.3 is 5.97 Å². The zero-order chi connectivity index (χ0) is 9.68. The second-order valence-corrected chi connectivity index (χ2v) is 2.76. The lowest BCUT2D eigenvalue weighted by Crippen LogP contribution is -1.95. The summed E-state index contributed by atoms with van der Waals surface area (Å²) >= 11 is 0. The van der Waals surface area contributed by atoms with Gasteiger partial charge in [0, 0.05) is 6.92 Å². The first-order chi connectivity index (χ1) is 6.18. The van der Waals surface area contributed by atoms with E-state index in [9.17, 15) is 4.79 Å². The van der Waals surface area contributed by atoms with Crippen molar-refractivity contribution < 1.29 is 9.53 Å². The maximum Gasteiger partial charge on any atom is 0.307 e. The lowest BCUT2D eigenvalue weighted by Gasteiger charge is -1.99. The van der Waals surface area contributed by atoms with E-state index in [-0.39, 0.29) is 5.97 Å². The third-order valence-corrected chi connectivity index (χ3v) is 1.47. The minimum Gasteiger partial charge on any atom is -0.432 e. The van der Waals surface area contributed by atoms with Gasteiger partial charge in [-0.1, -0.05) is 30.3 Å². The molecule has 1 aromatic carbocycles. The van der Waals surface area contributed by atoms with Crippen molar-refractivity contribution in [1.82, 2.24) is 0 Å². The largest absolute Gasteiger partial charge is 0.432 e. The van der Waals surface area contributed by atoms with Gasteiger partial charge in [-0.3, -0.25) is 4.79 Å². The molecule has 0 saturated heterocycles. The maximum atomic E-state index is 10.6. The zero-order valence-corrected chi connectivity index (χ0v) is 7.78. The summed E-state index contributed by atoms with van der Waals surface area (Å²) in [5.74, 6) is 0.323. The second-order valence-electron chi connectivity index (χ2n) is 2.76. The minimum absolute atomic E-state index is 0.287. The van der Waals surface area contributed by atoms with Gasteiger partial charge in [-0.15, -0.1) is 0 Å². The Bertz CT molecular complexity index is 312. The van der Waals surface area contributed by atoms with Gasteiger partial charge in [0.2, 0.25) is 0 Å². The molecular formula is C11H12O2. The maximum absolute atomic E-state index is 10.6. The van der Waals surface area contributed by atoms with Crippen LogP contribution in [0.1, 0.15) is 19.4 Å². The average Bonchev–Trinajstić information content (AvgIpc) is 2.04. The lowest BCUT2D eigenvalue weighted by molar-refractivity contribution is -0.136. The third-order valence-electron chi connectivity index (χ3n) is 1.47. The molecule has 1 aromatic rings. The quantitative estimate of drug-likeness (QED) is 0.511. The van der Waals surface area contributed by atoms with Crippen LogP contribution >= 0.6 is 0 Å². The molecule has 2 heteroatoms. The summed E-state index contributed by atoms with van der Waals surface area (Å²) in [5, 5.41) is 0. The molecule has 0 amide bonds. The van der Waals surface area contributed by atoms with Crippen LogP contribution in [0, 0.1) is 0 Å². The highest BCUT2D eigenvalue weighted by molar-refractivity contribution is 5.68. The van der Waals surface area contributed by atoms with Gasteiger partial charge in [-0.05, 0) is 18.6 Å². The lowest BCUT2D eigenvalue weighted by atomic mass is 10.2. The summed E-state index contributed by atoms with van der Waals surface area (Å²) in [4.78, 5) is 10.6. The van der Waals surface area contributed by atoms with Crippen molar-refractivity contribution in [3.8, 4) is 0 Å². The fourth-order valence-corrected chi connectivity index (χ4v) is 1.04. The van der Waals surface area contributed by atoms with Crippen LogP contribution in [0.4, 0.5) is 0 Å². The molecule has 0 aliphatic heterocycles. The molecule has 0 N–H and O–H groups in total. The predicted octanol–water partition coefficient (Wildman–Crippen LogP) is 2.61. The van der Waals surface area contributed by atoms with E-state index < -0.39 is 0 Å². The number of esters is 1. The van der Waals surface area contributed by atoms with E-state index in [1.807, 2.05) is 36.4 Å². The van der Waals surface area contributed by atoms with Gasteiger partial charge in [0.05, 0.1) is 0 Å². The monoisotopic (exact) mass is 176 g/mol. The Kier molecular flexibility index (Phi) is 3.26. The molecule has 0 fully saturated rings. The van der Waals surface area contributed by atoms with Gasteiger partial charge < -0.3 is 4.74 Å². The second kappa shape index (κ2) is 4.45. The Morgan fingerprint density at radius 2 is 1.85 bits per heavy atom. The summed E-state index contributed by atoms with van der Waals surface area (Å²) < 4.78 is 4.88. The first-order valence-electron chi connectivity index (χ1n) is 4.10. The van der Waals surface area contributed by atoms with Crippen LogP contribution in [0.2, 0.25) is 0 Å². The summed E-state index contributed by atoms with van der Waals surface area (Å²) in [6.45, 7) is 3.15. The first kappa shape index (κ1) is 9.52. The van der Waals surface area contributed by atoms with Gasteiger partial charge in [-0.25, -0.2) is 0 Å². The van der Waals surface area contributed by atoms with Crippen LogP contribution in [0.3, 0.4) is 0 Å². The van der Waals surface area contributed by atoms with Crippen molar-refractivity contribution in [2.75, 3.05) is 0 Å². The van der Waals surface area contributed by atoms with Crippen molar-refractivity contribution in [1.29, 1.82) is 0 Å². The first-order valence-corrected chi connectivity index (χ1v) is 4.10. The Morgan fingerprint density at radius 1 is 1.23 bits per heavy atom. The van der Waals surface area contributed by atoms with Crippen LogP contribution in [0.5, 0.6) is 0 Å². The molecule has 0 aromatic heterocycles. The van der Waals surface area contributed by atoms with Crippen molar-refractivity contribution >= 4 is 12.0 Å². The van der Waals surface area contributed by atoms with Gasteiger partial charge in [0.25, 0.3) is 0 Å². The van der Waals surface area contributed by atoms with Gasteiger partial charge in [-0.2, -0.15) is 0 Å². The molecule has 68 valence electrons. The molecule has 0 aliphatic carbocycles. The predicted molar refractivity (Wildman–Crippen MR) is 51.9 cm³/mol. The van der Waals surface area contributed by atoms with E-state index in [1.165, 1.54) is 6.92 Å². The smallest absolute Gasteiger partial charge is 0.307 e. The number of benzene rings is 1. The Labute approximate surface area is 77.8 Å². The Balaban J connectivity index is 2.71. The number of hydrogen-bond donors (Lipinski definition) is 0. The van der Waals surface area contributed by atoms with E-state index in [2.05, 4.69) is 0 Å². The van der Waals surface area contributed by atoms with E-state index in [1.54, 1.807) is 6.92 Å². The number of ether oxygens (including phenoxy) is 1. The van der Waals surface area contributed by atoms with Crippen LogP contribution in [-0.2, 0) is 9.53 Å². The SMILES string of the molecule is CC(=O)OC(C)=Cc1ccccc1. The molecule has 0 heterocycles. The van der Waals surface area contributed by atoms with Crippen LogP contribution in [0.15, 0.2) is 36.1 Å². The van der Waals surface area contributed by atoms with Gasteiger partial charge in [0.1, 0.15) is 5.76 Å². The van der Waals surface area contributed by atoms with Crippen molar-refractivity contribution in [3.05, 3.63) is 41.7 Å². The van der Waals surface area contributed by atoms with Crippen LogP contribution in [0.25, 0.3) is 6.08 Å². The van der Waals surface area contributed by atoms with Crippen LogP contribution < -0.4 is 0 Å². The topological polar surface area (TPSA) is 26.3 Å². The van der Waals surface area contributed by atoms with Crippen LogP contribution in [-0.4, -0.2) is 5.97 Å². The molecule has 0 radical (unpaired) electrons. The number of rotatable bonds is 2. The molecule has 0 unspecified atom stereocenters. The Morgan fingerprint density at radius 3 is 2.38 bits per heavy atom. The van der Waals surface area contributed by atoms with Crippen molar-refractivity contribution in [2.45, 2.75) is 13.8 Å². The number of allylic oxidation sites excluding steroid dienone is 1. The molecule has 13 heavy (non-hydrogen) atoms. The van der Waals surface area contributed by atoms with E-state index in [0.29, 0.717) is 5.76 Å². The highest BCUT2D eigenvalue weighted by Crippen LogP contribution is 2.06. The summed E-state index contributed by atoms with van der Waals surface area (Å²) in [6, 6.07) is 9.72. The molecule has 0 spiro atoms. The number of hydrogen-bond acceptors (Lipinski definition) is 2. The standard InChI is InChI=1S/C11H12O2/c1-9(13-10(2)12)8-11-6-4-3-5-7-11/h3-8H,1-2H3. The number of carbonyl (C=O) groups excluding carboxylic acids is 1. The molecule has 1 rings (SSSR count). The van der Waals surface area contributed by atoms with E-state index in [0.717, 1.165) is 5.56 Å². The fraction of sp³-hybridized carbons (Fsp3) is 0.182. The van der Waals surface area contributed by atoms with E-state index >= 15 is 0 Å². The average molecular weight is 176 g/mol. The third kappa shape index (κ3) is 3.56. The molecule has 2 nitrogen and oxygen atoms in total. The Hall–Kier alpha value is -1.57. The molecular weight excluding hydrogens is 164 g/mol. The highest BCUT2D eigenvalue weighted by atomic mass is 16.5. The summed E-state index contributed by atoms with van der Waals surface area (Å²) in [7, 11) is 0. The molecule has 0 saturated carbocycles. The van der Waals surface area contributed by atoms with Crippen molar-refractivity contribution in [2.24, 2.45) is 0 Å². The normalized spacial score (nSPS) is 11.1. The van der Waals surface area contributed by atoms with E-state index in [4.69, 9.17) is 4.74 Å². The number of carbonyl (C=O) groups is 1. The zero-order valence-electron chi connectivity index (χ0n) is 7.78. The fourth-order valence-electron chi connectivity index (χ4n) is 1.04. The molecule has 0 bridgehead atoms.